The zero-order valence-corrected chi connectivity index (χ0v) is 18.1. The number of nitrogens with one attached hydrogen (secondary N) is 1. The predicted octanol–water partition coefficient (Wildman–Crippen LogP) is 2.62. The molecule has 0 saturated heterocycles. The van der Waals surface area contributed by atoms with Crippen LogP contribution in [-0.2, 0) is 19.6 Å². The molecule has 1 amide bonds. The van der Waals surface area contributed by atoms with Crippen LogP contribution in [0.3, 0.4) is 0 Å². The number of halogens is 1. The Morgan fingerprint density at radius 3 is 2.29 bits per heavy atom. The van der Waals surface area contributed by atoms with Gasteiger partial charge in [-0.2, -0.15) is 0 Å². The number of nitrogens with zero attached hydrogens (tertiary/aromatic N) is 1. The van der Waals surface area contributed by atoms with Gasteiger partial charge in [0.2, 0.25) is 0 Å². The molecule has 7 nitrogen and oxygen atoms in total. The van der Waals surface area contributed by atoms with Crippen LogP contribution in [0.5, 0.6) is 0 Å². The Hall–Kier alpha value is -1.64. The van der Waals surface area contributed by atoms with Crippen molar-refractivity contribution in [3.8, 4) is 0 Å². The third-order valence-electron chi connectivity index (χ3n) is 4.14. The molecule has 0 unspecified atom stereocenters. The lowest BCUT2D eigenvalue weighted by molar-refractivity contribution is -0.145. The van der Waals surface area contributed by atoms with Gasteiger partial charge in [-0.25, -0.2) is 17.5 Å². The van der Waals surface area contributed by atoms with Gasteiger partial charge in [0.05, 0.1) is 4.90 Å². The van der Waals surface area contributed by atoms with Crippen molar-refractivity contribution in [3.63, 3.8) is 0 Å². The van der Waals surface area contributed by atoms with E-state index in [4.69, 9.17) is 11.6 Å². The average molecular weight is 433 g/mol. The van der Waals surface area contributed by atoms with Gasteiger partial charge in [0.25, 0.3) is 15.9 Å². The molecule has 1 aromatic carbocycles. The monoisotopic (exact) mass is 432 g/mol. The molecule has 1 rings (SSSR count). The van der Waals surface area contributed by atoms with Gasteiger partial charge in [-0.1, -0.05) is 31.5 Å². The third-order valence-corrected chi connectivity index (χ3v) is 6.21. The number of carbonyl (C=O) groups is 2. The topological polar surface area (TPSA) is 104 Å². The first kappa shape index (κ1) is 24.4. The van der Waals surface area contributed by atoms with Crippen molar-refractivity contribution in [1.82, 2.24) is 9.62 Å². The summed E-state index contributed by atoms with van der Waals surface area (Å²) < 4.78 is 26.4. The number of carboxylic acid groups (broad SMARTS) is 1. The molecule has 0 saturated carbocycles. The molecule has 0 radical (unpaired) electrons. The largest absolute Gasteiger partial charge is 0.480 e. The van der Waals surface area contributed by atoms with Crippen LogP contribution in [0.1, 0.15) is 38.7 Å². The number of hydrogen-bond donors (Lipinski definition) is 2. The van der Waals surface area contributed by atoms with Crippen molar-refractivity contribution < 1.29 is 23.1 Å². The number of sulfonamides is 1. The highest BCUT2D eigenvalue weighted by molar-refractivity contribution is 7.89. The number of carboxylic acids is 1. The molecule has 1 atom stereocenters. The van der Waals surface area contributed by atoms with Crippen molar-refractivity contribution in [2.45, 2.75) is 51.0 Å². The lowest BCUT2D eigenvalue weighted by Crippen LogP contribution is -2.49. The Labute approximate surface area is 172 Å². The molecule has 0 aromatic heterocycles. The number of alkyl halides is 1. The second-order valence-corrected chi connectivity index (χ2v) is 9.17. The zero-order chi connectivity index (χ0) is 21.3. The van der Waals surface area contributed by atoms with Crippen molar-refractivity contribution in [2.24, 2.45) is 5.92 Å². The number of aryl methyl sites for hydroxylation is 1. The van der Waals surface area contributed by atoms with Crippen LogP contribution in [0.25, 0.3) is 0 Å². The van der Waals surface area contributed by atoms with E-state index in [2.05, 4.69) is 19.2 Å². The zero-order valence-electron chi connectivity index (χ0n) is 16.5. The van der Waals surface area contributed by atoms with Crippen LogP contribution in [-0.4, -0.2) is 54.7 Å². The second kappa shape index (κ2) is 11.4. The summed E-state index contributed by atoms with van der Waals surface area (Å²) in [5.41, 5.74) is 0.845. The molecule has 0 aliphatic carbocycles. The molecule has 0 bridgehead atoms. The van der Waals surface area contributed by atoms with E-state index in [1.54, 1.807) is 19.1 Å². The smallest absolute Gasteiger partial charge is 0.327 e. The first-order chi connectivity index (χ1) is 13.1. The Kier molecular flexibility index (Phi) is 9.92. The molecular formula is C19H29ClN2O5S. The number of carbonyl (C=O) groups excluding carboxylic acids is 1. The van der Waals surface area contributed by atoms with E-state index in [1.165, 1.54) is 12.1 Å². The number of unbranched alkanes of at least 4 members (excludes halogenated alkanes) is 1. The van der Waals surface area contributed by atoms with E-state index < -0.39 is 33.8 Å². The van der Waals surface area contributed by atoms with Crippen LogP contribution < -0.4 is 5.32 Å². The summed E-state index contributed by atoms with van der Waals surface area (Å²) in [5, 5.41) is 12.8. The van der Waals surface area contributed by atoms with Gasteiger partial charge in [0.15, 0.2) is 0 Å². The second-order valence-electron chi connectivity index (χ2n) is 7.09. The minimum atomic E-state index is -4.33. The molecule has 0 spiro atoms. The SMILES string of the molecule is Cc1ccc(S(=O)(=O)N(C(=O)CCl)[C@@H](CCCCNCC(C)C)C(=O)O)cc1. The average Bonchev–Trinajstić information content (AvgIpc) is 2.62. The lowest BCUT2D eigenvalue weighted by atomic mass is 10.1. The van der Waals surface area contributed by atoms with Crippen molar-refractivity contribution in [2.75, 3.05) is 19.0 Å². The fourth-order valence-electron chi connectivity index (χ4n) is 2.68. The highest BCUT2D eigenvalue weighted by atomic mass is 35.5. The molecule has 28 heavy (non-hydrogen) atoms. The normalized spacial score (nSPS) is 12.8. The third kappa shape index (κ3) is 7.07. The summed E-state index contributed by atoms with van der Waals surface area (Å²) in [7, 11) is -4.33. The summed E-state index contributed by atoms with van der Waals surface area (Å²) in [6.07, 6.45) is 1.15. The van der Waals surface area contributed by atoms with E-state index in [9.17, 15) is 23.1 Å². The van der Waals surface area contributed by atoms with Crippen LogP contribution >= 0.6 is 11.6 Å². The standard InChI is InChI=1S/C19H29ClN2O5S/c1-14(2)13-21-11-5-4-6-17(19(24)25)22(18(23)12-20)28(26,27)16-9-7-15(3)8-10-16/h7-10,14,17,21H,4-6,11-13H2,1-3H3,(H,24,25)/t17-/m0/s1. The van der Waals surface area contributed by atoms with E-state index in [0.717, 1.165) is 12.1 Å². The quantitative estimate of drug-likeness (QED) is 0.388. The van der Waals surface area contributed by atoms with E-state index in [-0.39, 0.29) is 11.3 Å². The van der Waals surface area contributed by atoms with Crippen LogP contribution in [0.4, 0.5) is 0 Å². The van der Waals surface area contributed by atoms with E-state index in [1.807, 2.05) is 0 Å². The van der Waals surface area contributed by atoms with Crippen molar-refractivity contribution in [3.05, 3.63) is 29.8 Å². The van der Waals surface area contributed by atoms with Gasteiger partial charge >= 0.3 is 5.97 Å². The molecule has 0 aliphatic rings. The molecule has 0 fully saturated rings. The van der Waals surface area contributed by atoms with Crippen LogP contribution in [0.2, 0.25) is 0 Å². The Balaban J connectivity index is 2.99. The maximum Gasteiger partial charge on any atom is 0.327 e. The molecule has 0 aliphatic heterocycles. The molecule has 0 heterocycles. The highest BCUT2D eigenvalue weighted by Crippen LogP contribution is 2.22. The molecular weight excluding hydrogens is 404 g/mol. The maximum atomic E-state index is 13.0. The van der Waals surface area contributed by atoms with Gasteiger partial charge < -0.3 is 10.4 Å². The molecule has 158 valence electrons. The van der Waals surface area contributed by atoms with Gasteiger partial charge in [-0.3, -0.25) is 4.79 Å². The predicted molar refractivity (Wildman–Crippen MR) is 109 cm³/mol. The highest BCUT2D eigenvalue weighted by Gasteiger charge is 2.38. The van der Waals surface area contributed by atoms with Gasteiger partial charge in [0, 0.05) is 0 Å². The first-order valence-electron chi connectivity index (χ1n) is 9.24. The number of aliphatic carboxylic acids is 1. The molecule has 1 aromatic rings. The van der Waals surface area contributed by atoms with Crippen molar-refractivity contribution >= 4 is 33.5 Å². The summed E-state index contributed by atoms with van der Waals surface area (Å²) in [4.78, 5) is 23.9. The number of hydrogen-bond acceptors (Lipinski definition) is 5. The minimum absolute atomic E-state index is 0.0203. The lowest BCUT2D eigenvalue weighted by Gasteiger charge is -2.28. The first-order valence-corrected chi connectivity index (χ1v) is 11.2. The summed E-state index contributed by atoms with van der Waals surface area (Å²) in [5.74, 6) is -2.44. The molecule has 2 N–H and O–H groups in total. The Morgan fingerprint density at radius 2 is 1.79 bits per heavy atom. The minimum Gasteiger partial charge on any atom is -0.480 e. The fraction of sp³-hybridized carbons (Fsp3) is 0.579. The molecule has 9 heteroatoms. The van der Waals surface area contributed by atoms with Gasteiger partial charge in [-0.15, -0.1) is 11.6 Å². The van der Waals surface area contributed by atoms with Crippen LogP contribution in [0, 0.1) is 12.8 Å². The fourth-order valence-corrected chi connectivity index (χ4v) is 4.45. The number of rotatable bonds is 12. The number of amides is 1. The van der Waals surface area contributed by atoms with Gasteiger partial charge in [-0.05, 0) is 57.3 Å². The number of benzene rings is 1. The summed E-state index contributed by atoms with van der Waals surface area (Å²) in [6.45, 7) is 7.50. The van der Waals surface area contributed by atoms with Crippen molar-refractivity contribution in [1.29, 1.82) is 0 Å². The summed E-state index contributed by atoms with van der Waals surface area (Å²) >= 11 is 5.59. The van der Waals surface area contributed by atoms with E-state index in [0.29, 0.717) is 29.6 Å². The maximum absolute atomic E-state index is 13.0. The Morgan fingerprint density at radius 1 is 1.18 bits per heavy atom. The Bertz CT molecular complexity index is 750. The summed E-state index contributed by atoms with van der Waals surface area (Å²) in [6, 6.07) is 4.39. The van der Waals surface area contributed by atoms with E-state index >= 15 is 0 Å². The van der Waals surface area contributed by atoms with Crippen LogP contribution in [0.15, 0.2) is 29.2 Å². The van der Waals surface area contributed by atoms with Gasteiger partial charge in [0.1, 0.15) is 11.9 Å².